The second-order valence-electron chi connectivity index (χ2n) is 6.68. The largest absolute Gasteiger partial charge is 0.480 e. The van der Waals surface area contributed by atoms with Gasteiger partial charge in [0.2, 0.25) is 0 Å². The molecule has 0 bridgehead atoms. The predicted molar refractivity (Wildman–Crippen MR) is 99.3 cm³/mol. The Labute approximate surface area is 158 Å². The zero-order valence-electron chi connectivity index (χ0n) is 15.3. The van der Waals surface area contributed by atoms with E-state index in [-0.39, 0.29) is 17.7 Å². The summed E-state index contributed by atoms with van der Waals surface area (Å²) in [6.45, 7) is 2.04. The van der Waals surface area contributed by atoms with Crippen molar-refractivity contribution in [1.29, 1.82) is 4.78 Å². The van der Waals surface area contributed by atoms with Gasteiger partial charge in [0.1, 0.15) is 6.04 Å². The van der Waals surface area contributed by atoms with Gasteiger partial charge in [0.25, 0.3) is 0 Å². The molecule has 0 saturated carbocycles. The second kappa shape index (κ2) is 10.1. The van der Waals surface area contributed by atoms with Gasteiger partial charge < -0.3 is 10.8 Å². The van der Waals surface area contributed by atoms with E-state index in [4.69, 9.17) is 15.6 Å². The number of carbonyl (C=O) groups is 1. The average Bonchev–Trinajstić information content (AvgIpc) is 2.57. The van der Waals surface area contributed by atoms with Crippen LogP contribution in [0.2, 0.25) is 0 Å². The molecule has 27 heavy (non-hydrogen) atoms. The number of aryl methyl sites for hydroxylation is 1. The Bertz CT molecular complexity index is 704. The smallest absolute Gasteiger partial charge is 0.395 e. The lowest BCUT2D eigenvalue weighted by atomic mass is 9.94. The number of halogens is 3. The molecule has 4 N–H and O–H groups in total. The van der Waals surface area contributed by atoms with Crippen LogP contribution in [0.4, 0.5) is 13.2 Å². The van der Waals surface area contributed by atoms with E-state index in [1.54, 1.807) is 12.1 Å². The maximum absolute atomic E-state index is 13.5. The summed E-state index contributed by atoms with van der Waals surface area (Å²) in [7, 11) is -3.34. The minimum atomic E-state index is -4.52. The highest BCUT2D eigenvalue weighted by atomic mass is 32.2. The van der Waals surface area contributed by atoms with Crippen LogP contribution in [0.15, 0.2) is 24.3 Å². The van der Waals surface area contributed by atoms with Crippen LogP contribution in [-0.4, -0.2) is 39.0 Å². The summed E-state index contributed by atoms with van der Waals surface area (Å²) >= 11 is 0. The van der Waals surface area contributed by atoms with Crippen LogP contribution in [0.5, 0.6) is 0 Å². The van der Waals surface area contributed by atoms with Gasteiger partial charge in [-0.25, -0.2) is 4.21 Å². The fourth-order valence-electron chi connectivity index (χ4n) is 2.67. The third-order valence-electron chi connectivity index (χ3n) is 4.41. The molecule has 1 aromatic rings. The molecular formula is C18H27F3N2O3S. The Balaban J connectivity index is 2.80. The number of hydrogen-bond donors (Lipinski definition) is 3. The van der Waals surface area contributed by atoms with Crippen LogP contribution >= 0.6 is 0 Å². The van der Waals surface area contributed by atoms with Crippen LogP contribution < -0.4 is 5.73 Å². The molecule has 0 saturated heterocycles. The molecule has 2 unspecified atom stereocenters. The van der Waals surface area contributed by atoms with E-state index < -0.39 is 46.0 Å². The molecular weight excluding hydrogens is 381 g/mol. The summed E-state index contributed by atoms with van der Waals surface area (Å²) in [5.41, 5.74) is 6.35. The topological polar surface area (TPSA) is 104 Å². The zero-order valence-corrected chi connectivity index (χ0v) is 16.1. The number of hydrogen-bond acceptors (Lipinski definition) is 4. The van der Waals surface area contributed by atoms with Crippen molar-refractivity contribution in [3.63, 3.8) is 0 Å². The summed E-state index contributed by atoms with van der Waals surface area (Å²) in [4.78, 5) is 10.7. The highest BCUT2D eigenvalue weighted by Crippen LogP contribution is 2.38. The highest BCUT2D eigenvalue weighted by Gasteiger charge is 2.40. The quantitative estimate of drug-likeness (QED) is 0.516. The Morgan fingerprint density at radius 2 is 1.78 bits per heavy atom. The van der Waals surface area contributed by atoms with E-state index in [0.29, 0.717) is 0 Å². The molecule has 0 spiro atoms. The van der Waals surface area contributed by atoms with Gasteiger partial charge in [-0.3, -0.25) is 9.57 Å². The summed E-state index contributed by atoms with van der Waals surface area (Å²) in [6.07, 6.45) is -2.45. The first-order valence-corrected chi connectivity index (χ1v) is 10.7. The van der Waals surface area contributed by atoms with Gasteiger partial charge in [-0.15, -0.1) is 0 Å². The Morgan fingerprint density at radius 3 is 2.26 bits per heavy atom. The number of aliphatic carboxylic acids is 1. The molecule has 9 heteroatoms. The molecule has 1 rings (SSSR count). The Hall–Kier alpha value is -1.61. The monoisotopic (exact) mass is 408 g/mol. The van der Waals surface area contributed by atoms with Crippen molar-refractivity contribution >= 4 is 15.7 Å². The summed E-state index contributed by atoms with van der Waals surface area (Å²) in [6, 6.07) is 4.95. The molecule has 0 fully saturated rings. The van der Waals surface area contributed by atoms with Gasteiger partial charge >= 0.3 is 12.1 Å². The predicted octanol–water partition coefficient (Wildman–Crippen LogP) is 3.91. The van der Waals surface area contributed by atoms with Gasteiger partial charge in [0, 0.05) is 21.2 Å². The van der Waals surface area contributed by atoms with Gasteiger partial charge in [-0.1, -0.05) is 37.6 Å². The van der Waals surface area contributed by atoms with Crippen molar-refractivity contribution < 1.29 is 27.3 Å². The molecule has 154 valence electrons. The number of alkyl halides is 3. The molecule has 0 heterocycles. The van der Waals surface area contributed by atoms with E-state index in [9.17, 15) is 22.2 Å². The van der Waals surface area contributed by atoms with E-state index >= 15 is 0 Å². The number of carboxylic acids is 1. The Kier molecular flexibility index (Phi) is 8.74. The molecule has 1 aromatic carbocycles. The first-order chi connectivity index (χ1) is 12.5. The lowest BCUT2D eigenvalue weighted by Crippen LogP contribution is -2.32. The van der Waals surface area contributed by atoms with Crippen molar-refractivity contribution in [2.45, 2.75) is 57.2 Å². The average molecular weight is 408 g/mol. The number of unbranched alkanes of at least 4 members (excludes halogenated alkanes) is 1. The van der Waals surface area contributed by atoms with Crippen molar-refractivity contribution in [2.24, 2.45) is 5.73 Å². The summed E-state index contributed by atoms with van der Waals surface area (Å²) in [5, 5.41) is 8.70. The van der Waals surface area contributed by atoms with Crippen LogP contribution in [0, 0.1) is 4.78 Å². The second-order valence-corrected chi connectivity index (χ2v) is 9.12. The SMILES string of the molecule is CCCCc1ccc(C(CCS(=N)(=O)CC[C@H](N)C(=O)O)C(F)(F)F)cc1. The zero-order chi connectivity index (χ0) is 20.7. The lowest BCUT2D eigenvalue weighted by Gasteiger charge is -2.22. The normalized spacial score (nSPS) is 16.5. The van der Waals surface area contributed by atoms with Crippen molar-refractivity contribution in [3.8, 4) is 0 Å². The van der Waals surface area contributed by atoms with Gasteiger partial charge in [-0.05, 0) is 36.8 Å². The number of carboxylic acid groups (broad SMARTS) is 1. The summed E-state index contributed by atoms with van der Waals surface area (Å²) in [5.74, 6) is -3.89. The number of nitrogens with one attached hydrogen (secondary N) is 1. The number of benzene rings is 1. The van der Waals surface area contributed by atoms with Crippen molar-refractivity contribution in [3.05, 3.63) is 35.4 Å². The third kappa shape index (κ3) is 8.30. The van der Waals surface area contributed by atoms with E-state index in [2.05, 4.69) is 0 Å². The van der Waals surface area contributed by atoms with Crippen molar-refractivity contribution in [1.82, 2.24) is 0 Å². The maximum Gasteiger partial charge on any atom is 0.395 e. The van der Waals surface area contributed by atoms with E-state index in [0.717, 1.165) is 24.8 Å². The third-order valence-corrected chi connectivity index (χ3v) is 6.20. The molecule has 0 amide bonds. The van der Waals surface area contributed by atoms with E-state index in [1.165, 1.54) is 12.1 Å². The van der Waals surface area contributed by atoms with Crippen LogP contribution in [0.25, 0.3) is 0 Å². The molecule has 0 aliphatic heterocycles. The van der Waals surface area contributed by atoms with Gasteiger partial charge in [-0.2, -0.15) is 13.2 Å². The fraction of sp³-hybridized carbons (Fsp3) is 0.611. The maximum atomic E-state index is 13.5. The number of nitrogens with two attached hydrogens (primary N) is 1. The minimum absolute atomic E-state index is 0.0835. The highest BCUT2D eigenvalue weighted by molar-refractivity contribution is 7.92. The summed E-state index contributed by atoms with van der Waals surface area (Å²) < 4.78 is 60.3. The van der Waals surface area contributed by atoms with Crippen LogP contribution in [0.1, 0.15) is 49.7 Å². The van der Waals surface area contributed by atoms with Crippen LogP contribution in [-0.2, 0) is 20.9 Å². The number of rotatable bonds is 11. The molecule has 0 aliphatic rings. The standard InChI is InChI=1S/C18H27F3N2O3S/c1-2-3-4-13-5-7-14(8-6-13)15(18(19,20)21)9-11-27(23,26)12-10-16(22)17(24)25/h5-8,15-16,23H,2-4,9-12,22H2,1H3,(H,24,25)/t15?,16-,27?/m0/s1. The lowest BCUT2D eigenvalue weighted by molar-refractivity contribution is -0.150. The first kappa shape index (κ1) is 23.4. The minimum Gasteiger partial charge on any atom is -0.480 e. The van der Waals surface area contributed by atoms with Gasteiger partial charge in [0.05, 0.1) is 5.92 Å². The first-order valence-electron chi connectivity index (χ1n) is 8.84. The Morgan fingerprint density at radius 1 is 1.22 bits per heavy atom. The van der Waals surface area contributed by atoms with Crippen molar-refractivity contribution in [2.75, 3.05) is 11.5 Å². The molecule has 0 aliphatic carbocycles. The van der Waals surface area contributed by atoms with Gasteiger partial charge in [0.15, 0.2) is 0 Å². The molecule has 3 atom stereocenters. The molecule has 0 radical (unpaired) electrons. The molecule has 5 nitrogen and oxygen atoms in total. The van der Waals surface area contributed by atoms with Crippen LogP contribution in [0.3, 0.4) is 0 Å². The fourth-order valence-corrected chi connectivity index (χ4v) is 4.12. The van der Waals surface area contributed by atoms with E-state index in [1.807, 2.05) is 6.92 Å². The molecule has 0 aromatic heterocycles.